The van der Waals surface area contributed by atoms with Gasteiger partial charge in [-0.2, -0.15) is 0 Å². The molecule has 0 spiro atoms. The summed E-state index contributed by atoms with van der Waals surface area (Å²) in [7, 11) is 0. The molecule has 1 unspecified atom stereocenters. The number of carbonyl (C=O) groups excluding carboxylic acids is 1. The fourth-order valence-electron chi connectivity index (χ4n) is 3.06. The van der Waals surface area contributed by atoms with E-state index in [-0.39, 0.29) is 17.4 Å². The zero-order chi connectivity index (χ0) is 17.6. The average Bonchev–Trinajstić information content (AvgIpc) is 2.63. The van der Waals surface area contributed by atoms with Crippen molar-refractivity contribution < 1.29 is 14.5 Å². The number of rotatable bonds is 5. The van der Waals surface area contributed by atoms with Gasteiger partial charge >= 0.3 is 5.97 Å². The average molecular weight is 340 g/mol. The van der Waals surface area contributed by atoms with Gasteiger partial charge in [-0.1, -0.05) is 36.4 Å². The minimum absolute atomic E-state index is 0.108. The van der Waals surface area contributed by atoms with E-state index in [1.54, 1.807) is 6.07 Å². The van der Waals surface area contributed by atoms with E-state index in [0.29, 0.717) is 6.54 Å². The number of non-ortho nitro benzene ring substituents is 1. The first-order valence-corrected chi connectivity index (χ1v) is 8.33. The molecule has 2 aromatic carbocycles. The van der Waals surface area contributed by atoms with E-state index >= 15 is 0 Å². The van der Waals surface area contributed by atoms with Crippen molar-refractivity contribution in [2.45, 2.75) is 25.5 Å². The third-order valence-corrected chi connectivity index (χ3v) is 4.28. The van der Waals surface area contributed by atoms with Crippen molar-refractivity contribution in [3.8, 4) is 0 Å². The maximum absolute atomic E-state index is 12.3. The molecule has 3 rings (SSSR count). The molecule has 2 aromatic rings. The van der Waals surface area contributed by atoms with Crippen LogP contribution in [0.1, 0.15) is 28.8 Å². The fraction of sp³-hybridized carbons (Fsp3) is 0.316. The van der Waals surface area contributed by atoms with Gasteiger partial charge in [0.2, 0.25) is 0 Å². The molecule has 1 saturated heterocycles. The number of piperidine rings is 1. The summed E-state index contributed by atoms with van der Waals surface area (Å²) in [5, 5.41) is 10.8. The molecule has 0 saturated carbocycles. The quantitative estimate of drug-likeness (QED) is 0.474. The molecule has 0 aliphatic carbocycles. The van der Waals surface area contributed by atoms with Crippen LogP contribution in [0.4, 0.5) is 5.69 Å². The molecule has 1 heterocycles. The van der Waals surface area contributed by atoms with Crippen LogP contribution in [0, 0.1) is 10.1 Å². The first kappa shape index (κ1) is 17.1. The van der Waals surface area contributed by atoms with E-state index in [9.17, 15) is 14.9 Å². The van der Waals surface area contributed by atoms with Gasteiger partial charge in [0.1, 0.15) is 6.10 Å². The highest BCUT2D eigenvalue weighted by Gasteiger charge is 2.24. The Bertz CT molecular complexity index is 748. The smallest absolute Gasteiger partial charge is 0.338 e. The van der Waals surface area contributed by atoms with Crippen LogP contribution < -0.4 is 0 Å². The molecule has 25 heavy (non-hydrogen) atoms. The molecule has 0 N–H and O–H groups in total. The Morgan fingerprint density at radius 2 is 2.00 bits per heavy atom. The van der Waals surface area contributed by atoms with E-state index in [1.165, 1.54) is 23.8 Å². The molecule has 1 atom stereocenters. The number of ether oxygens (including phenoxy) is 1. The Morgan fingerprint density at radius 3 is 2.76 bits per heavy atom. The summed E-state index contributed by atoms with van der Waals surface area (Å²) >= 11 is 0. The third kappa shape index (κ3) is 4.64. The predicted molar refractivity (Wildman–Crippen MR) is 93.3 cm³/mol. The lowest BCUT2D eigenvalue weighted by Gasteiger charge is -2.32. The number of hydrogen-bond donors (Lipinski definition) is 0. The Morgan fingerprint density at radius 1 is 1.20 bits per heavy atom. The Hall–Kier alpha value is -2.73. The molecule has 0 amide bonds. The molecule has 130 valence electrons. The normalized spacial score (nSPS) is 17.8. The second kappa shape index (κ2) is 7.90. The van der Waals surface area contributed by atoms with Crippen LogP contribution in [-0.2, 0) is 11.3 Å². The Kier molecular flexibility index (Phi) is 5.40. The Balaban J connectivity index is 1.59. The van der Waals surface area contributed by atoms with Gasteiger partial charge < -0.3 is 4.74 Å². The second-order valence-corrected chi connectivity index (χ2v) is 6.20. The summed E-state index contributed by atoms with van der Waals surface area (Å²) in [4.78, 5) is 24.9. The van der Waals surface area contributed by atoms with Crippen LogP contribution in [0.25, 0.3) is 0 Å². The van der Waals surface area contributed by atoms with Crippen molar-refractivity contribution in [1.82, 2.24) is 4.90 Å². The molecule has 1 fully saturated rings. The van der Waals surface area contributed by atoms with Crippen molar-refractivity contribution in [1.29, 1.82) is 0 Å². The van der Waals surface area contributed by atoms with Crippen molar-refractivity contribution in [2.24, 2.45) is 0 Å². The van der Waals surface area contributed by atoms with E-state index in [4.69, 9.17) is 4.74 Å². The largest absolute Gasteiger partial charge is 0.457 e. The molecular formula is C19H20N2O4. The summed E-state index contributed by atoms with van der Waals surface area (Å²) < 4.78 is 5.58. The zero-order valence-corrected chi connectivity index (χ0v) is 13.8. The van der Waals surface area contributed by atoms with Gasteiger partial charge in [-0.25, -0.2) is 4.79 Å². The van der Waals surface area contributed by atoms with E-state index in [1.807, 2.05) is 18.2 Å². The standard InChI is InChI=1S/C19H20N2O4/c22-19(16-8-4-9-17(12-16)21(23)24)25-18-10-5-11-20(14-18)13-15-6-2-1-3-7-15/h1-4,6-9,12,18H,5,10-11,13-14H2. The van der Waals surface area contributed by atoms with Crippen molar-refractivity contribution in [3.05, 3.63) is 75.8 Å². The summed E-state index contributed by atoms with van der Waals surface area (Å²) in [5.41, 5.74) is 1.34. The van der Waals surface area contributed by atoms with Crippen LogP contribution in [0.5, 0.6) is 0 Å². The lowest BCUT2D eigenvalue weighted by molar-refractivity contribution is -0.384. The fourth-order valence-corrected chi connectivity index (χ4v) is 3.06. The van der Waals surface area contributed by atoms with Gasteiger partial charge in [0, 0.05) is 25.2 Å². The SMILES string of the molecule is O=C(OC1CCCN(Cc2ccccc2)C1)c1cccc([N+](=O)[O-])c1. The number of carbonyl (C=O) groups is 1. The number of esters is 1. The number of benzene rings is 2. The Labute approximate surface area is 146 Å². The van der Waals surface area contributed by atoms with Crippen molar-refractivity contribution in [3.63, 3.8) is 0 Å². The lowest BCUT2D eigenvalue weighted by Crippen LogP contribution is -2.40. The minimum Gasteiger partial charge on any atom is -0.457 e. The molecule has 1 aliphatic rings. The van der Waals surface area contributed by atoms with Gasteiger partial charge in [0.05, 0.1) is 10.5 Å². The van der Waals surface area contributed by atoms with Crippen LogP contribution in [0.2, 0.25) is 0 Å². The number of nitrogens with zero attached hydrogens (tertiary/aromatic N) is 2. The highest BCUT2D eigenvalue weighted by molar-refractivity contribution is 5.90. The van der Waals surface area contributed by atoms with Crippen LogP contribution >= 0.6 is 0 Å². The maximum atomic E-state index is 12.3. The van der Waals surface area contributed by atoms with Gasteiger partial charge in [0.25, 0.3) is 5.69 Å². The number of likely N-dealkylation sites (tertiary alicyclic amines) is 1. The minimum atomic E-state index is -0.515. The third-order valence-electron chi connectivity index (χ3n) is 4.28. The zero-order valence-electron chi connectivity index (χ0n) is 13.8. The van der Waals surface area contributed by atoms with Crippen LogP contribution in [-0.4, -0.2) is 35.0 Å². The highest BCUT2D eigenvalue weighted by Crippen LogP contribution is 2.19. The summed E-state index contributed by atoms with van der Waals surface area (Å²) in [6.45, 7) is 2.47. The first-order chi connectivity index (χ1) is 12.1. The number of nitro benzene ring substituents is 1. The monoisotopic (exact) mass is 340 g/mol. The second-order valence-electron chi connectivity index (χ2n) is 6.20. The lowest BCUT2D eigenvalue weighted by atomic mass is 10.1. The summed E-state index contributed by atoms with van der Waals surface area (Å²) in [6.07, 6.45) is 1.58. The molecule has 6 heteroatoms. The highest BCUT2D eigenvalue weighted by atomic mass is 16.6. The molecular weight excluding hydrogens is 320 g/mol. The summed E-state index contributed by atoms with van der Waals surface area (Å²) in [5.74, 6) is -0.504. The first-order valence-electron chi connectivity index (χ1n) is 8.33. The molecule has 0 aromatic heterocycles. The van der Waals surface area contributed by atoms with E-state index in [2.05, 4.69) is 17.0 Å². The maximum Gasteiger partial charge on any atom is 0.338 e. The van der Waals surface area contributed by atoms with Gasteiger partial charge in [0.15, 0.2) is 0 Å². The van der Waals surface area contributed by atoms with E-state index < -0.39 is 10.9 Å². The number of nitro groups is 1. The molecule has 1 aliphatic heterocycles. The molecule has 0 bridgehead atoms. The molecule has 0 radical (unpaired) electrons. The number of hydrogen-bond acceptors (Lipinski definition) is 5. The van der Waals surface area contributed by atoms with Gasteiger partial charge in [-0.15, -0.1) is 0 Å². The van der Waals surface area contributed by atoms with Crippen molar-refractivity contribution >= 4 is 11.7 Å². The predicted octanol–water partition coefficient (Wildman–Crippen LogP) is 3.42. The van der Waals surface area contributed by atoms with E-state index in [0.717, 1.165) is 25.9 Å². The topological polar surface area (TPSA) is 72.7 Å². The van der Waals surface area contributed by atoms with Gasteiger partial charge in [-0.3, -0.25) is 15.0 Å². The van der Waals surface area contributed by atoms with Crippen LogP contribution in [0.15, 0.2) is 54.6 Å². The van der Waals surface area contributed by atoms with Crippen LogP contribution in [0.3, 0.4) is 0 Å². The van der Waals surface area contributed by atoms with Crippen molar-refractivity contribution in [2.75, 3.05) is 13.1 Å². The molecule has 6 nitrogen and oxygen atoms in total. The summed E-state index contributed by atoms with van der Waals surface area (Å²) in [6, 6.07) is 15.8. The van der Waals surface area contributed by atoms with Gasteiger partial charge in [-0.05, 0) is 31.0 Å².